The van der Waals surface area contributed by atoms with Gasteiger partial charge in [0.15, 0.2) is 0 Å². The van der Waals surface area contributed by atoms with Gasteiger partial charge in [-0.15, -0.1) is 0 Å². The highest BCUT2D eigenvalue weighted by Crippen LogP contribution is 2.25. The summed E-state index contributed by atoms with van der Waals surface area (Å²) in [4.78, 5) is 0. The number of nitrogens with one attached hydrogen (secondary N) is 1. The number of methoxy groups -OCH3 is 2. The van der Waals surface area contributed by atoms with Crippen LogP contribution in [0.15, 0.2) is 0 Å². The number of hydrogen-bond donors (Lipinski definition) is 1. The molecule has 1 N–H and O–H groups in total. The van der Waals surface area contributed by atoms with E-state index in [1.807, 2.05) is 7.11 Å². The maximum Gasteiger partial charge on any atom is 0.0587 e. The second-order valence-corrected chi connectivity index (χ2v) is 4.09. The van der Waals surface area contributed by atoms with Crippen LogP contribution in [0.1, 0.15) is 25.7 Å². The fraction of sp³-hybridized carbons (Fsp3) is 1.00. The van der Waals surface area contributed by atoms with Gasteiger partial charge in [-0.2, -0.15) is 0 Å². The lowest BCUT2D eigenvalue weighted by atomic mass is 9.87. The summed E-state index contributed by atoms with van der Waals surface area (Å²) in [7, 11) is 3.56. The van der Waals surface area contributed by atoms with E-state index in [4.69, 9.17) is 9.47 Å². The minimum atomic E-state index is 0.498. The molecule has 1 aliphatic rings. The van der Waals surface area contributed by atoms with E-state index >= 15 is 0 Å². The van der Waals surface area contributed by atoms with Crippen molar-refractivity contribution in [2.45, 2.75) is 31.8 Å². The summed E-state index contributed by atoms with van der Waals surface area (Å²) in [5.74, 6) is 0.797. The molecule has 3 heteroatoms. The van der Waals surface area contributed by atoms with Crippen LogP contribution in [-0.4, -0.2) is 40.0 Å². The van der Waals surface area contributed by atoms with Gasteiger partial charge in [0, 0.05) is 20.8 Å². The van der Waals surface area contributed by atoms with E-state index in [0.29, 0.717) is 6.10 Å². The SMILES string of the molecule is COCCNCC1CCCC(OC)C1. The Morgan fingerprint density at radius 2 is 2.14 bits per heavy atom. The van der Waals surface area contributed by atoms with E-state index in [0.717, 1.165) is 25.6 Å². The summed E-state index contributed by atoms with van der Waals surface area (Å²) < 4.78 is 10.4. The molecule has 0 saturated heterocycles. The molecule has 0 aromatic rings. The highest BCUT2D eigenvalue weighted by Gasteiger charge is 2.20. The molecule has 0 aliphatic heterocycles. The van der Waals surface area contributed by atoms with Crippen molar-refractivity contribution in [2.24, 2.45) is 5.92 Å². The predicted octanol–water partition coefficient (Wildman–Crippen LogP) is 1.43. The van der Waals surface area contributed by atoms with E-state index in [2.05, 4.69) is 5.32 Å². The highest BCUT2D eigenvalue weighted by molar-refractivity contribution is 4.74. The molecule has 0 bridgehead atoms. The average Bonchev–Trinajstić information content (AvgIpc) is 2.25. The van der Waals surface area contributed by atoms with Crippen LogP contribution in [0.5, 0.6) is 0 Å². The fourth-order valence-electron chi connectivity index (χ4n) is 2.12. The molecule has 1 aliphatic carbocycles. The molecule has 2 unspecified atom stereocenters. The lowest BCUT2D eigenvalue weighted by Gasteiger charge is -2.28. The summed E-state index contributed by atoms with van der Waals surface area (Å²) in [5.41, 5.74) is 0. The number of rotatable bonds is 6. The molecule has 3 nitrogen and oxygen atoms in total. The Balaban J connectivity index is 2.05. The molecule has 0 heterocycles. The Kier molecular flexibility index (Phi) is 6.15. The third-order valence-electron chi connectivity index (χ3n) is 2.98. The van der Waals surface area contributed by atoms with E-state index in [9.17, 15) is 0 Å². The second-order valence-electron chi connectivity index (χ2n) is 4.09. The molecule has 2 atom stereocenters. The van der Waals surface area contributed by atoms with Gasteiger partial charge in [-0.25, -0.2) is 0 Å². The lowest BCUT2D eigenvalue weighted by Crippen LogP contribution is -2.31. The molecule has 1 saturated carbocycles. The Morgan fingerprint density at radius 1 is 1.29 bits per heavy atom. The van der Waals surface area contributed by atoms with Crippen LogP contribution in [0.4, 0.5) is 0 Å². The summed E-state index contributed by atoms with van der Waals surface area (Å²) in [6, 6.07) is 0. The van der Waals surface area contributed by atoms with Crippen molar-refractivity contribution in [1.82, 2.24) is 5.32 Å². The van der Waals surface area contributed by atoms with Crippen molar-refractivity contribution in [1.29, 1.82) is 0 Å². The van der Waals surface area contributed by atoms with Gasteiger partial charge in [0.05, 0.1) is 12.7 Å². The first-order chi connectivity index (χ1) is 6.86. The van der Waals surface area contributed by atoms with Crippen LogP contribution < -0.4 is 5.32 Å². The Bertz CT molecular complexity index is 141. The maximum atomic E-state index is 5.40. The van der Waals surface area contributed by atoms with Gasteiger partial charge in [-0.1, -0.05) is 6.42 Å². The average molecular weight is 201 g/mol. The fourth-order valence-corrected chi connectivity index (χ4v) is 2.12. The van der Waals surface area contributed by atoms with Crippen LogP contribution in [0.25, 0.3) is 0 Å². The van der Waals surface area contributed by atoms with Crippen molar-refractivity contribution >= 4 is 0 Å². The van der Waals surface area contributed by atoms with Crippen molar-refractivity contribution in [3.8, 4) is 0 Å². The summed E-state index contributed by atoms with van der Waals surface area (Å²) in [6.07, 6.45) is 5.62. The van der Waals surface area contributed by atoms with Gasteiger partial charge >= 0.3 is 0 Å². The molecule has 0 spiro atoms. The Labute approximate surface area is 87.2 Å². The van der Waals surface area contributed by atoms with Crippen molar-refractivity contribution in [3.63, 3.8) is 0 Å². The van der Waals surface area contributed by atoms with Crippen LogP contribution >= 0.6 is 0 Å². The molecule has 1 fully saturated rings. The molecule has 14 heavy (non-hydrogen) atoms. The zero-order chi connectivity index (χ0) is 10.2. The molecule has 1 rings (SSSR count). The smallest absolute Gasteiger partial charge is 0.0587 e. The third kappa shape index (κ3) is 4.40. The summed E-state index contributed by atoms with van der Waals surface area (Å²) in [5, 5.41) is 3.42. The minimum absolute atomic E-state index is 0.498. The van der Waals surface area contributed by atoms with Gasteiger partial charge in [-0.05, 0) is 31.7 Å². The van der Waals surface area contributed by atoms with Crippen molar-refractivity contribution in [2.75, 3.05) is 33.9 Å². The van der Waals surface area contributed by atoms with Crippen LogP contribution in [-0.2, 0) is 9.47 Å². The number of hydrogen-bond acceptors (Lipinski definition) is 3. The lowest BCUT2D eigenvalue weighted by molar-refractivity contribution is 0.0504. The molecule has 0 aromatic heterocycles. The van der Waals surface area contributed by atoms with Crippen LogP contribution in [0.2, 0.25) is 0 Å². The Hall–Kier alpha value is -0.120. The summed E-state index contributed by atoms with van der Waals surface area (Å²) in [6.45, 7) is 2.88. The normalized spacial score (nSPS) is 27.9. The molecular weight excluding hydrogens is 178 g/mol. The van der Waals surface area contributed by atoms with Gasteiger partial charge in [0.2, 0.25) is 0 Å². The largest absolute Gasteiger partial charge is 0.383 e. The van der Waals surface area contributed by atoms with E-state index in [1.165, 1.54) is 25.7 Å². The minimum Gasteiger partial charge on any atom is -0.383 e. The van der Waals surface area contributed by atoms with Crippen LogP contribution in [0, 0.1) is 5.92 Å². The monoisotopic (exact) mass is 201 g/mol. The standard InChI is InChI=1S/C11H23NO2/c1-13-7-6-12-9-10-4-3-5-11(8-10)14-2/h10-12H,3-9H2,1-2H3. The van der Waals surface area contributed by atoms with E-state index in [1.54, 1.807) is 7.11 Å². The molecule has 0 radical (unpaired) electrons. The summed E-state index contributed by atoms with van der Waals surface area (Å²) >= 11 is 0. The first-order valence-electron chi connectivity index (χ1n) is 5.59. The first-order valence-corrected chi connectivity index (χ1v) is 5.59. The molecule has 0 aromatic carbocycles. The van der Waals surface area contributed by atoms with Crippen molar-refractivity contribution < 1.29 is 9.47 Å². The van der Waals surface area contributed by atoms with Gasteiger partial charge in [0.1, 0.15) is 0 Å². The predicted molar refractivity (Wildman–Crippen MR) is 57.5 cm³/mol. The zero-order valence-electron chi connectivity index (χ0n) is 9.42. The molecule has 0 amide bonds. The highest BCUT2D eigenvalue weighted by atomic mass is 16.5. The first kappa shape index (κ1) is 12.0. The van der Waals surface area contributed by atoms with Gasteiger partial charge in [-0.3, -0.25) is 0 Å². The van der Waals surface area contributed by atoms with E-state index in [-0.39, 0.29) is 0 Å². The maximum absolute atomic E-state index is 5.40. The van der Waals surface area contributed by atoms with Crippen LogP contribution in [0.3, 0.4) is 0 Å². The van der Waals surface area contributed by atoms with E-state index < -0.39 is 0 Å². The number of ether oxygens (including phenoxy) is 2. The van der Waals surface area contributed by atoms with Crippen molar-refractivity contribution in [3.05, 3.63) is 0 Å². The third-order valence-corrected chi connectivity index (χ3v) is 2.98. The second kappa shape index (κ2) is 7.21. The van der Waals surface area contributed by atoms with Gasteiger partial charge < -0.3 is 14.8 Å². The zero-order valence-corrected chi connectivity index (χ0v) is 9.42. The molecule has 84 valence electrons. The Morgan fingerprint density at radius 3 is 2.86 bits per heavy atom. The quantitative estimate of drug-likeness (QED) is 0.659. The molecular formula is C11H23NO2. The van der Waals surface area contributed by atoms with Gasteiger partial charge in [0.25, 0.3) is 0 Å². The topological polar surface area (TPSA) is 30.5 Å².